The van der Waals surface area contributed by atoms with Gasteiger partial charge in [-0.25, -0.2) is 9.52 Å². The predicted molar refractivity (Wildman–Crippen MR) is 69.1 cm³/mol. The van der Waals surface area contributed by atoms with Crippen molar-refractivity contribution in [3.8, 4) is 11.3 Å². The van der Waals surface area contributed by atoms with Crippen LogP contribution in [-0.2, 0) is 6.54 Å². The molecule has 0 spiro atoms. The van der Waals surface area contributed by atoms with Crippen molar-refractivity contribution >= 4 is 16.7 Å². The van der Waals surface area contributed by atoms with Crippen molar-refractivity contribution in [1.82, 2.24) is 4.72 Å². The van der Waals surface area contributed by atoms with Gasteiger partial charge in [0.2, 0.25) is 5.76 Å². The van der Waals surface area contributed by atoms with Gasteiger partial charge in [0, 0.05) is 12.1 Å². The fourth-order valence-electron chi connectivity index (χ4n) is 1.98. The number of hydrogen-bond acceptors (Lipinski definition) is 5. The van der Waals surface area contributed by atoms with Gasteiger partial charge in [-0.2, -0.15) is 0 Å². The lowest BCUT2D eigenvalue weighted by atomic mass is 10.1. The Balaban J connectivity index is 2.05. The summed E-state index contributed by atoms with van der Waals surface area (Å²) in [7, 11) is -2.95. The van der Waals surface area contributed by atoms with Crippen molar-refractivity contribution in [1.29, 1.82) is 0 Å². The van der Waals surface area contributed by atoms with E-state index in [4.69, 9.17) is 9.52 Å². The first-order valence-corrected chi connectivity index (χ1v) is 7.01. The van der Waals surface area contributed by atoms with Crippen molar-refractivity contribution in [3.63, 3.8) is 0 Å². The minimum absolute atomic E-state index is 0.153. The Labute approximate surface area is 110 Å². The second kappa shape index (κ2) is 4.10. The topological polar surface area (TPSA) is 103 Å². The van der Waals surface area contributed by atoms with E-state index < -0.39 is 16.7 Å². The second-order valence-corrected chi connectivity index (χ2v) is 5.99. The van der Waals surface area contributed by atoms with Gasteiger partial charge in [-0.15, -0.1) is 10.8 Å². The maximum atomic E-state index is 10.8. The summed E-state index contributed by atoms with van der Waals surface area (Å²) in [5, 5.41) is 8.80. The number of carbonyl (C=O) groups is 1. The van der Waals surface area contributed by atoms with Crippen molar-refractivity contribution < 1.29 is 23.4 Å². The first kappa shape index (κ1) is 12.2. The van der Waals surface area contributed by atoms with Gasteiger partial charge in [-0.3, -0.25) is 9.11 Å². The molecule has 7 heteroatoms. The average Bonchev–Trinajstić information content (AvgIpc) is 2.95. The average molecular weight is 281 g/mol. The Hall–Kier alpha value is -1.80. The monoisotopic (exact) mass is 281 g/mol. The molecule has 1 aliphatic heterocycles. The molecule has 0 amide bonds. The van der Waals surface area contributed by atoms with Gasteiger partial charge in [0.15, 0.2) is 0 Å². The Kier molecular flexibility index (Phi) is 2.64. The largest absolute Gasteiger partial charge is 0.475 e. The summed E-state index contributed by atoms with van der Waals surface area (Å²) in [6.45, 7) is 0.399. The summed E-state index contributed by atoms with van der Waals surface area (Å²) in [4.78, 5) is 11.2. The summed E-state index contributed by atoms with van der Waals surface area (Å²) in [5.74, 6) is -0.916. The van der Waals surface area contributed by atoms with E-state index in [1.54, 1.807) is 24.3 Å². The molecule has 6 nitrogen and oxygen atoms in total. The number of furan rings is 1. The highest BCUT2D eigenvalue weighted by Gasteiger charge is 2.26. The zero-order chi connectivity index (χ0) is 13.6. The summed E-state index contributed by atoms with van der Waals surface area (Å²) >= 11 is 0. The maximum Gasteiger partial charge on any atom is 0.371 e. The van der Waals surface area contributed by atoms with E-state index in [0.717, 1.165) is 5.56 Å². The Morgan fingerprint density at radius 2 is 2.05 bits per heavy atom. The van der Waals surface area contributed by atoms with Crippen LogP contribution in [0.2, 0.25) is 0 Å². The van der Waals surface area contributed by atoms with Gasteiger partial charge in [-0.05, 0) is 23.8 Å². The van der Waals surface area contributed by atoms with E-state index >= 15 is 0 Å². The van der Waals surface area contributed by atoms with E-state index in [9.17, 15) is 13.9 Å². The smallest absolute Gasteiger partial charge is 0.371 e. The number of carboxylic acids is 1. The first-order chi connectivity index (χ1) is 8.97. The molecular weight excluding hydrogens is 270 g/mol. The van der Waals surface area contributed by atoms with Crippen molar-refractivity contribution in [3.05, 3.63) is 41.7 Å². The summed E-state index contributed by atoms with van der Waals surface area (Å²) in [6, 6.07) is 8.03. The van der Waals surface area contributed by atoms with Gasteiger partial charge in [-0.1, -0.05) is 12.1 Å². The Morgan fingerprint density at radius 3 is 2.74 bits per heavy atom. The van der Waals surface area contributed by atoms with E-state index in [1.807, 2.05) is 0 Å². The van der Waals surface area contributed by atoms with Crippen LogP contribution in [0.1, 0.15) is 16.1 Å². The zero-order valence-electron chi connectivity index (χ0n) is 9.66. The lowest BCUT2D eigenvalue weighted by Gasteiger charge is -2.27. The van der Waals surface area contributed by atoms with Crippen molar-refractivity contribution in [2.45, 2.75) is 11.4 Å². The molecule has 0 fully saturated rings. The number of hydrogen-bond donors (Lipinski definition) is 4. The minimum Gasteiger partial charge on any atom is -0.475 e. The van der Waals surface area contributed by atoms with E-state index in [2.05, 4.69) is 4.72 Å². The van der Waals surface area contributed by atoms with Crippen LogP contribution in [0.5, 0.6) is 0 Å². The molecular formula is C12H11NO5S. The number of carboxylic acid groups (broad SMARTS) is 1. The zero-order valence-corrected chi connectivity index (χ0v) is 10.5. The molecule has 4 N–H and O–H groups in total. The number of fused-ring (bicyclic) bond motifs is 1. The summed E-state index contributed by atoms with van der Waals surface area (Å²) in [6.07, 6.45) is 0. The van der Waals surface area contributed by atoms with Crippen LogP contribution in [0.15, 0.2) is 39.6 Å². The van der Waals surface area contributed by atoms with E-state index in [1.165, 1.54) is 6.07 Å². The maximum absolute atomic E-state index is 10.8. The lowest BCUT2D eigenvalue weighted by Crippen LogP contribution is -2.10. The van der Waals surface area contributed by atoms with Crippen molar-refractivity contribution in [2.75, 3.05) is 0 Å². The van der Waals surface area contributed by atoms with Crippen LogP contribution < -0.4 is 4.72 Å². The van der Waals surface area contributed by atoms with Crippen LogP contribution in [0.4, 0.5) is 0 Å². The van der Waals surface area contributed by atoms with Crippen LogP contribution in [0, 0.1) is 0 Å². The summed E-state index contributed by atoms with van der Waals surface area (Å²) < 4.78 is 27.4. The Morgan fingerprint density at radius 1 is 1.26 bits per heavy atom. The molecule has 0 saturated carbocycles. The van der Waals surface area contributed by atoms with Gasteiger partial charge in [0.1, 0.15) is 5.76 Å². The molecule has 19 heavy (non-hydrogen) atoms. The van der Waals surface area contributed by atoms with Gasteiger partial charge < -0.3 is 9.52 Å². The molecule has 1 aliphatic rings. The Bertz CT molecular complexity index is 664. The molecule has 0 atom stereocenters. The van der Waals surface area contributed by atoms with Crippen LogP contribution in [0.3, 0.4) is 0 Å². The molecule has 100 valence electrons. The van der Waals surface area contributed by atoms with Crippen molar-refractivity contribution in [2.24, 2.45) is 0 Å². The van der Waals surface area contributed by atoms with Crippen LogP contribution >= 0.6 is 10.8 Å². The van der Waals surface area contributed by atoms with Gasteiger partial charge in [0.25, 0.3) is 0 Å². The minimum atomic E-state index is -2.95. The highest BCUT2D eigenvalue weighted by Crippen LogP contribution is 2.51. The molecule has 0 saturated heterocycles. The predicted octanol–water partition coefficient (Wildman–Crippen LogP) is 2.77. The molecule has 1 aromatic heterocycles. The third kappa shape index (κ3) is 2.02. The van der Waals surface area contributed by atoms with E-state index in [-0.39, 0.29) is 5.76 Å². The van der Waals surface area contributed by atoms with E-state index in [0.29, 0.717) is 22.8 Å². The van der Waals surface area contributed by atoms with Gasteiger partial charge in [0.05, 0.1) is 4.90 Å². The van der Waals surface area contributed by atoms with Gasteiger partial charge >= 0.3 is 5.97 Å². The fraction of sp³-hybridized carbons (Fsp3) is 0.0833. The SMILES string of the molecule is O=C(O)c1ccc(-c2ccc3c(c2)S(O)(O)NC3)o1. The standard InChI is InChI=1S/C12H11NO5S/c14-12(15)10-4-3-9(18-10)7-1-2-8-6-13-19(16,17)11(8)5-7/h1-5,13,16-17H,6H2,(H,14,15). The first-order valence-electron chi connectivity index (χ1n) is 5.47. The highest BCUT2D eigenvalue weighted by atomic mass is 32.3. The molecule has 1 aromatic carbocycles. The fourth-order valence-corrected chi connectivity index (χ4v) is 3.29. The third-order valence-electron chi connectivity index (χ3n) is 2.94. The number of aromatic carboxylic acids is 1. The molecule has 0 unspecified atom stereocenters. The lowest BCUT2D eigenvalue weighted by molar-refractivity contribution is 0.0663. The highest BCUT2D eigenvalue weighted by molar-refractivity contribution is 8.22. The third-order valence-corrected chi connectivity index (χ3v) is 4.48. The molecule has 3 rings (SSSR count). The molecule has 0 aliphatic carbocycles. The summed E-state index contributed by atoms with van der Waals surface area (Å²) in [5.41, 5.74) is 1.42. The number of nitrogens with one attached hydrogen (secondary N) is 1. The number of benzene rings is 1. The van der Waals surface area contributed by atoms with Crippen LogP contribution in [-0.4, -0.2) is 20.2 Å². The molecule has 0 radical (unpaired) electrons. The molecule has 0 bridgehead atoms. The molecule has 2 aromatic rings. The normalized spacial score (nSPS) is 18.0. The quantitative estimate of drug-likeness (QED) is 0.675. The van der Waals surface area contributed by atoms with Crippen LogP contribution in [0.25, 0.3) is 11.3 Å². The number of rotatable bonds is 2. The molecule has 2 heterocycles. The second-order valence-electron chi connectivity index (χ2n) is 4.16.